The van der Waals surface area contributed by atoms with Crippen LogP contribution in [0.1, 0.15) is 32.2 Å². The van der Waals surface area contributed by atoms with Crippen molar-refractivity contribution in [3.63, 3.8) is 0 Å². The summed E-state index contributed by atoms with van der Waals surface area (Å²) in [4.78, 5) is 21.6. The van der Waals surface area contributed by atoms with Gasteiger partial charge in [0.1, 0.15) is 5.69 Å². The normalized spacial score (nSPS) is 16.6. The summed E-state index contributed by atoms with van der Waals surface area (Å²) in [7, 11) is 4.02. The fourth-order valence-electron chi connectivity index (χ4n) is 3.78. The Hall–Kier alpha value is -2.50. The molecule has 0 bridgehead atoms. The monoisotopic (exact) mass is 391 g/mol. The SMILES string of the molecule is CN(CC1Cc2ccccc2CN1C)C(=O)c1csc(Cc2ccccc2)n1. The molecule has 0 aliphatic carbocycles. The van der Waals surface area contributed by atoms with Crippen LogP contribution in [0.25, 0.3) is 0 Å². The fraction of sp³-hybridized carbons (Fsp3) is 0.304. The van der Waals surface area contributed by atoms with Crippen molar-refractivity contribution in [2.24, 2.45) is 0 Å². The summed E-state index contributed by atoms with van der Waals surface area (Å²) < 4.78 is 0. The van der Waals surface area contributed by atoms with E-state index in [1.54, 1.807) is 11.3 Å². The zero-order chi connectivity index (χ0) is 19.5. The van der Waals surface area contributed by atoms with Crippen molar-refractivity contribution in [3.8, 4) is 0 Å². The van der Waals surface area contributed by atoms with E-state index in [0.717, 1.165) is 24.4 Å². The minimum atomic E-state index is 0.00261. The van der Waals surface area contributed by atoms with Crippen molar-refractivity contribution in [1.29, 1.82) is 0 Å². The van der Waals surface area contributed by atoms with Crippen molar-refractivity contribution in [2.75, 3.05) is 20.6 Å². The molecule has 1 aliphatic heterocycles. The van der Waals surface area contributed by atoms with Gasteiger partial charge in [-0.15, -0.1) is 11.3 Å². The second kappa shape index (κ2) is 8.25. The number of benzene rings is 2. The number of aromatic nitrogens is 1. The van der Waals surface area contributed by atoms with Gasteiger partial charge in [-0.1, -0.05) is 54.6 Å². The highest BCUT2D eigenvalue weighted by Crippen LogP contribution is 2.23. The lowest BCUT2D eigenvalue weighted by molar-refractivity contribution is 0.0728. The van der Waals surface area contributed by atoms with Crippen molar-refractivity contribution in [2.45, 2.75) is 25.4 Å². The molecule has 4 rings (SSSR count). The van der Waals surface area contributed by atoms with Gasteiger partial charge < -0.3 is 4.90 Å². The first-order chi connectivity index (χ1) is 13.6. The van der Waals surface area contributed by atoms with Gasteiger partial charge in [-0.25, -0.2) is 4.98 Å². The Morgan fingerprint density at radius 3 is 2.64 bits per heavy atom. The van der Waals surface area contributed by atoms with Crippen LogP contribution >= 0.6 is 11.3 Å². The third-order valence-electron chi connectivity index (χ3n) is 5.42. The first-order valence-electron chi connectivity index (χ1n) is 9.61. The van der Waals surface area contributed by atoms with Crippen molar-refractivity contribution < 1.29 is 4.79 Å². The molecule has 1 aromatic heterocycles. The number of amides is 1. The molecule has 2 aromatic carbocycles. The zero-order valence-electron chi connectivity index (χ0n) is 16.3. The number of carbonyl (C=O) groups excluding carboxylic acids is 1. The predicted octanol–water partition coefficient (Wildman–Crippen LogP) is 3.86. The van der Waals surface area contributed by atoms with Crippen LogP contribution in [0.4, 0.5) is 0 Å². The van der Waals surface area contributed by atoms with E-state index in [9.17, 15) is 4.79 Å². The summed E-state index contributed by atoms with van der Waals surface area (Å²) in [5.74, 6) is 0.00261. The van der Waals surface area contributed by atoms with Crippen molar-refractivity contribution in [1.82, 2.24) is 14.8 Å². The Bertz CT molecular complexity index is 953. The maximum absolute atomic E-state index is 12.9. The summed E-state index contributed by atoms with van der Waals surface area (Å²) in [5.41, 5.74) is 4.55. The number of likely N-dealkylation sites (N-methyl/N-ethyl adjacent to an activating group) is 2. The lowest BCUT2D eigenvalue weighted by Gasteiger charge is -2.36. The smallest absolute Gasteiger partial charge is 0.273 e. The molecule has 1 aliphatic rings. The van der Waals surface area contributed by atoms with Crippen LogP contribution in [-0.4, -0.2) is 47.4 Å². The van der Waals surface area contributed by atoms with Gasteiger partial charge in [-0.3, -0.25) is 9.69 Å². The lowest BCUT2D eigenvalue weighted by Crippen LogP contribution is -2.46. The highest BCUT2D eigenvalue weighted by atomic mass is 32.1. The summed E-state index contributed by atoms with van der Waals surface area (Å²) in [6.07, 6.45) is 1.74. The molecule has 2 heterocycles. The van der Waals surface area contributed by atoms with E-state index >= 15 is 0 Å². The first-order valence-corrected chi connectivity index (χ1v) is 10.5. The summed E-state index contributed by atoms with van der Waals surface area (Å²) in [5, 5.41) is 2.86. The zero-order valence-corrected chi connectivity index (χ0v) is 17.2. The average molecular weight is 392 g/mol. The Morgan fingerprint density at radius 2 is 1.86 bits per heavy atom. The van der Waals surface area contributed by atoms with Crippen LogP contribution in [0.5, 0.6) is 0 Å². The van der Waals surface area contributed by atoms with E-state index in [0.29, 0.717) is 18.3 Å². The number of hydrogen-bond acceptors (Lipinski definition) is 4. The first kappa shape index (κ1) is 18.8. The van der Waals surface area contributed by atoms with Crippen molar-refractivity contribution in [3.05, 3.63) is 87.4 Å². The third-order valence-corrected chi connectivity index (χ3v) is 6.27. The number of thiazole rings is 1. The van der Waals surface area contributed by atoms with Crippen LogP contribution in [0, 0.1) is 0 Å². The highest BCUT2D eigenvalue weighted by molar-refractivity contribution is 7.09. The molecule has 1 atom stereocenters. The molecule has 0 saturated heterocycles. The Kier molecular flexibility index (Phi) is 5.55. The van der Waals surface area contributed by atoms with Gasteiger partial charge in [-0.05, 0) is 30.2 Å². The second-order valence-electron chi connectivity index (χ2n) is 7.52. The molecule has 144 valence electrons. The Labute approximate surface area is 170 Å². The molecule has 3 aromatic rings. The number of carbonyl (C=O) groups is 1. The van der Waals surface area contributed by atoms with Crippen LogP contribution in [0.2, 0.25) is 0 Å². The maximum atomic E-state index is 12.9. The minimum Gasteiger partial charge on any atom is -0.339 e. The standard InChI is InChI=1S/C23H25N3OS/c1-25-14-19-11-7-6-10-18(19)13-20(25)15-26(2)23(27)21-16-28-22(24-21)12-17-8-4-3-5-9-17/h3-11,16,20H,12-15H2,1-2H3. The van der Waals surface area contributed by atoms with Gasteiger partial charge >= 0.3 is 0 Å². The molecule has 0 fully saturated rings. The summed E-state index contributed by atoms with van der Waals surface area (Å²) in [6.45, 7) is 1.63. The quantitative estimate of drug-likeness (QED) is 0.663. The van der Waals surface area contributed by atoms with Gasteiger partial charge in [0.2, 0.25) is 0 Å². The van der Waals surface area contributed by atoms with E-state index < -0.39 is 0 Å². The average Bonchev–Trinajstić information content (AvgIpc) is 3.17. The van der Waals surface area contributed by atoms with E-state index in [2.05, 4.69) is 53.3 Å². The summed E-state index contributed by atoms with van der Waals surface area (Å²) in [6, 6.07) is 19.2. The largest absolute Gasteiger partial charge is 0.339 e. The molecule has 4 nitrogen and oxygen atoms in total. The molecule has 28 heavy (non-hydrogen) atoms. The molecular weight excluding hydrogens is 366 g/mol. The second-order valence-corrected chi connectivity index (χ2v) is 8.46. The molecule has 1 unspecified atom stereocenters. The number of nitrogens with zero attached hydrogens (tertiary/aromatic N) is 3. The third kappa shape index (κ3) is 4.16. The van der Waals surface area contributed by atoms with Gasteiger partial charge in [-0.2, -0.15) is 0 Å². The molecule has 5 heteroatoms. The van der Waals surface area contributed by atoms with Crippen LogP contribution in [-0.2, 0) is 19.4 Å². The Balaban J connectivity index is 1.40. The van der Waals surface area contributed by atoms with Crippen LogP contribution < -0.4 is 0 Å². The Morgan fingerprint density at radius 1 is 1.14 bits per heavy atom. The van der Waals surface area contributed by atoms with Crippen molar-refractivity contribution >= 4 is 17.2 Å². The van der Waals surface area contributed by atoms with Gasteiger partial charge in [0.05, 0.1) is 5.01 Å². The topological polar surface area (TPSA) is 36.4 Å². The molecule has 0 radical (unpaired) electrons. The summed E-state index contributed by atoms with van der Waals surface area (Å²) >= 11 is 1.56. The van der Waals surface area contributed by atoms with Crippen LogP contribution in [0.15, 0.2) is 60.0 Å². The van der Waals surface area contributed by atoms with Gasteiger partial charge in [0.15, 0.2) is 0 Å². The number of fused-ring (bicyclic) bond motifs is 1. The number of rotatable bonds is 5. The molecule has 1 amide bonds. The van der Waals surface area contributed by atoms with E-state index in [-0.39, 0.29) is 5.91 Å². The fourth-order valence-corrected chi connectivity index (χ4v) is 4.58. The minimum absolute atomic E-state index is 0.00261. The van der Waals surface area contributed by atoms with Gasteiger partial charge in [0, 0.05) is 38.0 Å². The van der Waals surface area contributed by atoms with Crippen LogP contribution in [0.3, 0.4) is 0 Å². The molecular formula is C23H25N3OS. The lowest BCUT2D eigenvalue weighted by atomic mass is 9.94. The highest BCUT2D eigenvalue weighted by Gasteiger charge is 2.26. The molecule has 0 N–H and O–H groups in total. The van der Waals surface area contributed by atoms with E-state index in [1.807, 2.05) is 35.5 Å². The maximum Gasteiger partial charge on any atom is 0.273 e. The van der Waals surface area contributed by atoms with E-state index in [4.69, 9.17) is 0 Å². The predicted molar refractivity (Wildman–Crippen MR) is 114 cm³/mol. The van der Waals surface area contributed by atoms with Gasteiger partial charge in [0.25, 0.3) is 5.91 Å². The molecule has 0 saturated carbocycles. The number of hydrogen-bond donors (Lipinski definition) is 0. The van der Waals surface area contributed by atoms with E-state index in [1.165, 1.54) is 16.7 Å². The molecule has 0 spiro atoms.